The quantitative estimate of drug-likeness (QED) is 0.890. The highest BCUT2D eigenvalue weighted by molar-refractivity contribution is 7.99. The highest BCUT2D eigenvalue weighted by atomic mass is 32.2. The van der Waals surface area contributed by atoms with E-state index < -0.39 is 0 Å². The Hall–Kier alpha value is -0.580. The molecule has 0 saturated carbocycles. The first-order chi connectivity index (χ1) is 8.68. The van der Waals surface area contributed by atoms with E-state index in [1.54, 1.807) is 12.1 Å². The standard InChI is InChI=1S/C14H21FN2S/c1-17(11-7-9-18-10-11)8-6-14(16)12-4-2-3-5-13(12)15/h2-5,11,14H,6-10,16H2,1H3. The second-order valence-corrected chi connectivity index (χ2v) is 6.06. The van der Waals surface area contributed by atoms with E-state index in [4.69, 9.17) is 5.73 Å². The topological polar surface area (TPSA) is 29.3 Å². The maximum atomic E-state index is 13.6. The maximum Gasteiger partial charge on any atom is 0.127 e. The molecule has 1 aromatic carbocycles. The molecule has 2 atom stereocenters. The zero-order chi connectivity index (χ0) is 13.0. The van der Waals surface area contributed by atoms with E-state index in [1.807, 2.05) is 17.8 Å². The van der Waals surface area contributed by atoms with Crippen LogP contribution < -0.4 is 5.73 Å². The van der Waals surface area contributed by atoms with Gasteiger partial charge in [-0.15, -0.1) is 0 Å². The summed E-state index contributed by atoms with van der Waals surface area (Å²) in [6, 6.07) is 7.27. The Bertz CT molecular complexity index is 380. The van der Waals surface area contributed by atoms with Crippen molar-refractivity contribution in [3.8, 4) is 0 Å². The third-order valence-corrected chi connectivity index (χ3v) is 4.77. The summed E-state index contributed by atoms with van der Waals surface area (Å²) in [5.41, 5.74) is 6.70. The van der Waals surface area contributed by atoms with Crippen LogP contribution in [0.25, 0.3) is 0 Å². The fourth-order valence-corrected chi connectivity index (χ4v) is 3.62. The molecule has 0 radical (unpaired) electrons. The van der Waals surface area contributed by atoms with E-state index in [-0.39, 0.29) is 11.9 Å². The highest BCUT2D eigenvalue weighted by Crippen LogP contribution is 2.23. The predicted molar refractivity (Wildman–Crippen MR) is 76.3 cm³/mol. The molecule has 1 aliphatic heterocycles. The summed E-state index contributed by atoms with van der Waals surface area (Å²) in [6.45, 7) is 0.931. The molecule has 1 saturated heterocycles. The van der Waals surface area contributed by atoms with Crippen molar-refractivity contribution < 1.29 is 4.39 Å². The molecule has 1 aliphatic rings. The van der Waals surface area contributed by atoms with Crippen molar-refractivity contribution in [3.63, 3.8) is 0 Å². The minimum absolute atomic E-state index is 0.191. The first-order valence-corrected chi connectivity index (χ1v) is 7.62. The van der Waals surface area contributed by atoms with Crippen molar-refractivity contribution in [2.24, 2.45) is 5.73 Å². The number of hydrogen-bond donors (Lipinski definition) is 1. The van der Waals surface area contributed by atoms with Gasteiger partial charge in [0.15, 0.2) is 0 Å². The summed E-state index contributed by atoms with van der Waals surface area (Å²) in [5, 5.41) is 0. The van der Waals surface area contributed by atoms with Crippen LogP contribution in [0.1, 0.15) is 24.4 Å². The van der Waals surface area contributed by atoms with Gasteiger partial charge in [0.05, 0.1) is 0 Å². The molecule has 2 rings (SSSR count). The van der Waals surface area contributed by atoms with Crippen LogP contribution in [-0.2, 0) is 0 Å². The molecule has 18 heavy (non-hydrogen) atoms. The molecule has 0 bridgehead atoms. The largest absolute Gasteiger partial charge is 0.324 e. The summed E-state index contributed by atoms with van der Waals surface area (Å²) in [7, 11) is 2.14. The molecule has 1 aromatic rings. The Morgan fingerprint density at radius 3 is 2.94 bits per heavy atom. The average Bonchev–Trinajstić information content (AvgIpc) is 2.90. The van der Waals surface area contributed by atoms with Crippen LogP contribution in [0.4, 0.5) is 4.39 Å². The number of hydrogen-bond acceptors (Lipinski definition) is 3. The fraction of sp³-hybridized carbons (Fsp3) is 0.571. The van der Waals surface area contributed by atoms with Gasteiger partial charge in [0.25, 0.3) is 0 Å². The van der Waals surface area contributed by atoms with E-state index in [0.29, 0.717) is 11.6 Å². The van der Waals surface area contributed by atoms with Crippen molar-refractivity contribution in [1.82, 2.24) is 4.90 Å². The fourth-order valence-electron chi connectivity index (χ4n) is 2.33. The van der Waals surface area contributed by atoms with Gasteiger partial charge in [0.1, 0.15) is 5.82 Å². The molecule has 0 amide bonds. The normalized spacial score (nSPS) is 21.4. The second kappa shape index (κ2) is 6.55. The Morgan fingerprint density at radius 1 is 1.50 bits per heavy atom. The molecule has 0 aromatic heterocycles. The molecule has 4 heteroatoms. The van der Waals surface area contributed by atoms with E-state index in [0.717, 1.165) is 13.0 Å². The SMILES string of the molecule is CN(CCC(N)c1ccccc1F)C1CCSC1. The van der Waals surface area contributed by atoms with Crippen LogP contribution in [0.15, 0.2) is 24.3 Å². The van der Waals surface area contributed by atoms with Crippen LogP contribution in [-0.4, -0.2) is 36.0 Å². The first-order valence-electron chi connectivity index (χ1n) is 6.46. The molecule has 1 heterocycles. The Labute approximate surface area is 113 Å². The van der Waals surface area contributed by atoms with Gasteiger partial charge in [0.2, 0.25) is 0 Å². The number of nitrogens with two attached hydrogens (primary N) is 1. The monoisotopic (exact) mass is 268 g/mol. The summed E-state index contributed by atoms with van der Waals surface area (Å²) in [5.74, 6) is 2.28. The van der Waals surface area contributed by atoms with Gasteiger partial charge in [-0.3, -0.25) is 0 Å². The van der Waals surface area contributed by atoms with Crippen molar-refractivity contribution in [1.29, 1.82) is 0 Å². The number of halogens is 1. The zero-order valence-electron chi connectivity index (χ0n) is 10.8. The summed E-state index contributed by atoms with van der Waals surface area (Å²) in [4.78, 5) is 2.36. The van der Waals surface area contributed by atoms with Crippen LogP contribution in [0.5, 0.6) is 0 Å². The number of thioether (sulfide) groups is 1. The molecule has 2 N–H and O–H groups in total. The van der Waals surface area contributed by atoms with Crippen molar-refractivity contribution >= 4 is 11.8 Å². The van der Waals surface area contributed by atoms with Gasteiger partial charge >= 0.3 is 0 Å². The lowest BCUT2D eigenvalue weighted by atomic mass is 10.0. The minimum atomic E-state index is -0.206. The number of rotatable bonds is 5. The third-order valence-electron chi connectivity index (χ3n) is 3.63. The van der Waals surface area contributed by atoms with E-state index >= 15 is 0 Å². The lowest BCUT2D eigenvalue weighted by Gasteiger charge is -2.25. The number of benzene rings is 1. The molecular formula is C14H21FN2S. The van der Waals surface area contributed by atoms with Gasteiger partial charge in [-0.2, -0.15) is 11.8 Å². The maximum absolute atomic E-state index is 13.6. The van der Waals surface area contributed by atoms with Gasteiger partial charge in [0, 0.05) is 23.4 Å². The van der Waals surface area contributed by atoms with Crippen LogP contribution in [0, 0.1) is 5.82 Å². The minimum Gasteiger partial charge on any atom is -0.324 e. The molecule has 0 spiro atoms. The van der Waals surface area contributed by atoms with E-state index in [2.05, 4.69) is 11.9 Å². The second-order valence-electron chi connectivity index (χ2n) is 4.91. The van der Waals surface area contributed by atoms with Crippen molar-refractivity contribution in [2.45, 2.75) is 24.9 Å². The van der Waals surface area contributed by atoms with Gasteiger partial charge < -0.3 is 10.6 Å². The van der Waals surface area contributed by atoms with Crippen LogP contribution in [0.2, 0.25) is 0 Å². The molecule has 1 fully saturated rings. The lowest BCUT2D eigenvalue weighted by Crippen LogP contribution is -2.33. The molecular weight excluding hydrogens is 247 g/mol. The van der Waals surface area contributed by atoms with Gasteiger partial charge in [-0.25, -0.2) is 4.39 Å². The van der Waals surface area contributed by atoms with Gasteiger partial charge in [-0.05, 0) is 38.3 Å². The van der Waals surface area contributed by atoms with E-state index in [1.165, 1.54) is 24.0 Å². The molecule has 0 aliphatic carbocycles. The molecule has 100 valence electrons. The zero-order valence-corrected chi connectivity index (χ0v) is 11.6. The Balaban J connectivity index is 1.84. The van der Waals surface area contributed by atoms with Crippen molar-refractivity contribution in [2.75, 3.05) is 25.1 Å². The predicted octanol–water partition coefficient (Wildman–Crippen LogP) is 2.65. The third kappa shape index (κ3) is 3.46. The Morgan fingerprint density at radius 2 is 2.28 bits per heavy atom. The summed E-state index contributed by atoms with van der Waals surface area (Å²) in [6.07, 6.45) is 2.06. The number of nitrogens with zero attached hydrogens (tertiary/aromatic N) is 1. The Kier molecular flexibility index (Phi) is 5.03. The molecule has 2 nitrogen and oxygen atoms in total. The van der Waals surface area contributed by atoms with Gasteiger partial charge in [-0.1, -0.05) is 18.2 Å². The lowest BCUT2D eigenvalue weighted by molar-refractivity contribution is 0.252. The highest BCUT2D eigenvalue weighted by Gasteiger charge is 2.20. The van der Waals surface area contributed by atoms with E-state index in [9.17, 15) is 4.39 Å². The average molecular weight is 268 g/mol. The first kappa shape index (κ1) is 13.8. The van der Waals surface area contributed by atoms with Crippen LogP contribution >= 0.6 is 11.8 Å². The smallest absolute Gasteiger partial charge is 0.127 e. The van der Waals surface area contributed by atoms with Crippen LogP contribution in [0.3, 0.4) is 0 Å². The molecule has 2 unspecified atom stereocenters. The summed E-state index contributed by atoms with van der Waals surface area (Å²) >= 11 is 2.01. The van der Waals surface area contributed by atoms with Crippen molar-refractivity contribution in [3.05, 3.63) is 35.6 Å². The summed E-state index contributed by atoms with van der Waals surface area (Å²) < 4.78 is 13.6.